The monoisotopic (exact) mass is 366 g/mol. The van der Waals surface area contributed by atoms with Gasteiger partial charge < -0.3 is 4.42 Å². The SMILES string of the molecule is O=C(/C=C/c1cnc2ccc(Br)cn12)c1cc2ccccc2o1. The van der Waals surface area contributed by atoms with E-state index in [4.69, 9.17) is 4.42 Å². The van der Waals surface area contributed by atoms with E-state index in [0.717, 1.165) is 21.2 Å². The molecule has 3 heterocycles. The van der Waals surface area contributed by atoms with Crippen molar-refractivity contribution >= 4 is 44.4 Å². The Balaban J connectivity index is 1.66. The molecule has 4 aromatic rings. The lowest BCUT2D eigenvalue weighted by molar-refractivity contribution is 0.102. The van der Waals surface area contributed by atoms with Gasteiger partial charge in [-0.2, -0.15) is 0 Å². The Morgan fingerprint density at radius 2 is 2.09 bits per heavy atom. The second-order valence-corrected chi connectivity index (χ2v) is 6.02. The number of hydrogen-bond acceptors (Lipinski definition) is 3. The molecule has 5 heteroatoms. The fraction of sp³-hybridized carbons (Fsp3) is 0. The Morgan fingerprint density at radius 1 is 1.22 bits per heavy atom. The Bertz CT molecular complexity index is 1030. The number of carbonyl (C=O) groups excluding carboxylic acids is 1. The minimum Gasteiger partial charge on any atom is -0.453 e. The molecule has 0 radical (unpaired) electrons. The zero-order valence-electron chi connectivity index (χ0n) is 11.9. The minimum absolute atomic E-state index is 0.175. The number of halogens is 1. The average Bonchev–Trinajstić information content (AvgIpc) is 3.16. The van der Waals surface area contributed by atoms with Crippen LogP contribution in [0.25, 0.3) is 22.7 Å². The first-order valence-corrected chi connectivity index (χ1v) is 7.83. The Morgan fingerprint density at radius 3 is 2.96 bits per heavy atom. The van der Waals surface area contributed by atoms with Crippen molar-refractivity contribution in [2.45, 2.75) is 0 Å². The van der Waals surface area contributed by atoms with Gasteiger partial charge >= 0.3 is 0 Å². The highest BCUT2D eigenvalue weighted by Gasteiger charge is 2.09. The first kappa shape index (κ1) is 14.0. The van der Waals surface area contributed by atoms with Gasteiger partial charge in [-0.15, -0.1) is 0 Å². The number of allylic oxidation sites excluding steroid dienone is 1. The highest BCUT2D eigenvalue weighted by atomic mass is 79.9. The van der Waals surface area contributed by atoms with Crippen LogP contribution in [0.5, 0.6) is 0 Å². The third-order valence-corrected chi connectivity index (χ3v) is 4.04. The van der Waals surface area contributed by atoms with E-state index in [2.05, 4.69) is 20.9 Å². The van der Waals surface area contributed by atoms with E-state index in [1.807, 2.05) is 47.0 Å². The predicted molar refractivity (Wildman–Crippen MR) is 92.5 cm³/mol. The summed E-state index contributed by atoms with van der Waals surface area (Å²) in [7, 11) is 0. The number of hydrogen-bond donors (Lipinski definition) is 0. The van der Waals surface area contributed by atoms with Crippen LogP contribution < -0.4 is 0 Å². The van der Waals surface area contributed by atoms with Crippen LogP contribution in [0.1, 0.15) is 16.2 Å². The van der Waals surface area contributed by atoms with Crippen molar-refractivity contribution in [3.8, 4) is 0 Å². The van der Waals surface area contributed by atoms with Crippen molar-refractivity contribution in [2.75, 3.05) is 0 Å². The van der Waals surface area contributed by atoms with Crippen LogP contribution in [-0.2, 0) is 0 Å². The largest absolute Gasteiger partial charge is 0.453 e. The number of furan rings is 1. The van der Waals surface area contributed by atoms with Crippen LogP contribution in [-0.4, -0.2) is 15.2 Å². The van der Waals surface area contributed by atoms with E-state index in [1.165, 1.54) is 6.08 Å². The second-order valence-electron chi connectivity index (χ2n) is 5.10. The standard InChI is InChI=1S/C18H11BrN2O2/c19-13-5-8-18-20-10-14(21(18)11-13)6-7-15(22)17-9-12-3-1-2-4-16(12)23-17/h1-11H/b7-6+. The Hall–Kier alpha value is -2.66. The van der Waals surface area contributed by atoms with E-state index < -0.39 is 0 Å². The molecule has 0 unspecified atom stereocenters. The molecule has 0 atom stereocenters. The molecule has 0 fully saturated rings. The van der Waals surface area contributed by atoms with Crippen molar-refractivity contribution in [3.05, 3.63) is 76.9 Å². The van der Waals surface area contributed by atoms with Crippen molar-refractivity contribution in [1.82, 2.24) is 9.38 Å². The molecule has 112 valence electrons. The molecule has 0 aliphatic rings. The lowest BCUT2D eigenvalue weighted by Crippen LogP contribution is -1.92. The Kier molecular flexibility index (Phi) is 3.35. The molecule has 0 amide bonds. The van der Waals surface area contributed by atoms with Gasteiger partial charge in [-0.05, 0) is 52.3 Å². The first-order valence-electron chi connectivity index (χ1n) is 7.04. The van der Waals surface area contributed by atoms with Crippen LogP contribution in [0.15, 0.2) is 69.8 Å². The molecule has 0 aliphatic carbocycles. The Labute approximate surface area is 140 Å². The molecule has 4 rings (SSSR count). The van der Waals surface area contributed by atoms with E-state index in [0.29, 0.717) is 11.3 Å². The topological polar surface area (TPSA) is 47.5 Å². The first-order chi connectivity index (χ1) is 11.2. The number of carbonyl (C=O) groups is 1. The number of para-hydroxylation sites is 1. The molecule has 0 aliphatic heterocycles. The molecule has 4 nitrogen and oxygen atoms in total. The highest BCUT2D eigenvalue weighted by molar-refractivity contribution is 9.10. The summed E-state index contributed by atoms with van der Waals surface area (Å²) in [5.74, 6) is 0.156. The predicted octanol–water partition coefficient (Wildman–Crippen LogP) is 4.74. The summed E-state index contributed by atoms with van der Waals surface area (Å²) in [6.07, 6.45) is 6.88. The molecule has 0 N–H and O–H groups in total. The lowest BCUT2D eigenvalue weighted by atomic mass is 10.2. The van der Waals surface area contributed by atoms with E-state index in [9.17, 15) is 4.79 Å². The van der Waals surface area contributed by atoms with Gasteiger partial charge in [0.25, 0.3) is 0 Å². The van der Waals surface area contributed by atoms with Gasteiger partial charge in [0.2, 0.25) is 5.78 Å². The summed E-state index contributed by atoms with van der Waals surface area (Å²) < 4.78 is 8.43. The second kappa shape index (κ2) is 5.52. The van der Waals surface area contributed by atoms with Gasteiger partial charge in [0.1, 0.15) is 11.2 Å². The maximum atomic E-state index is 12.3. The lowest BCUT2D eigenvalue weighted by Gasteiger charge is -1.97. The smallest absolute Gasteiger partial charge is 0.221 e. The summed E-state index contributed by atoms with van der Waals surface area (Å²) in [4.78, 5) is 16.6. The van der Waals surface area contributed by atoms with Gasteiger partial charge in [0, 0.05) is 16.1 Å². The highest BCUT2D eigenvalue weighted by Crippen LogP contribution is 2.20. The molecule has 0 spiro atoms. The van der Waals surface area contributed by atoms with Crippen LogP contribution in [0, 0.1) is 0 Å². The van der Waals surface area contributed by atoms with Gasteiger partial charge in [-0.1, -0.05) is 18.2 Å². The molecular weight excluding hydrogens is 356 g/mol. The van der Waals surface area contributed by atoms with Crippen molar-refractivity contribution in [3.63, 3.8) is 0 Å². The fourth-order valence-corrected chi connectivity index (χ4v) is 2.78. The summed E-state index contributed by atoms with van der Waals surface area (Å²) in [5, 5.41) is 0.919. The molecule has 0 bridgehead atoms. The van der Waals surface area contributed by atoms with Gasteiger partial charge in [0.15, 0.2) is 5.76 Å². The number of pyridine rings is 1. The van der Waals surface area contributed by atoms with Crippen LogP contribution in [0.3, 0.4) is 0 Å². The number of aromatic nitrogens is 2. The summed E-state index contributed by atoms with van der Waals surface area (Å²) in [5.41, 5.74) is 2.36. The maximum absolute atomic E-state index is 12.3. The van der Waals surface area contributed by atoms with Crippen molar-refractivity contribution in [1.29, 1.82) is 0 Å². The normalized spacial score (nSPS) is 11.7. The van der Waals surface area contributed by atoms with Crippen LogP contribution in [0.4, 0.5) is 0 Å². The number of imidazole rings is 1. The van der Waals surface area contributed by atoms with Gasteiger partial charge in [-0.25, -0.2) is 4.98 Å². The molecule has 3 aromatic heterocycles. The van der Waals surface area contributed by atoms with Crippen LogP contribution in [0.2, 0.25) is 0 Å². The maximum Gasteiger partial charge on any atom is 0.221 e. The zero-order chi connectivity index (χ0) is 15.8. The molecular formula is C18H11BrN2O2. The van der Waals surface area contributed by atoms with E-state index in [-0.39, 0.29) is 5.78 Å². The molecule has 0 saturated carbocycles. The van der Waals surface area contributed by atoms with Crippen LogP contribution >= 0.6 is 15.9 Å². The molecule has 0 saturated heterocycles. The quantitative estimate of drug-likeness (QED) is 0.388. The number of nitrogens with zero attached hydrogens (tertiary/aromatic N) is 2. The summed E-state index contributed by atoms with van der Waals surface area (Å²) in [6.45, 7) is 0. The minimum atomic E-state index is -0.175. The zero-order valence-corrected chi connectivity index (χ0v) is 13.5. The number of benzene rings is 1. The van der Waals surface area contributed by atoms with Gasteiger partial charge in [0.05, 0.1) is 11.9 Å². The molecule has 23 heavy (non-hydrogen) atoms. The number of rotatable bonds is 3. The summed E-state index contributed by atoms with van der Waals surface area (Å²) >= 11 is 3.43. The molecule has 1 aromatic carbocycles. The average molecular weight is 367 g/mol. The number of ketones is 1. The number of fused-ring (bicyclic) bond motifs is 2. The van der Waals surface area contributed by atoms with Crippen molar-refractivity contribution < 1.29 is 9.21 Å². The third-order valence-electron chi connectivity index (χ3n) is 3.57. The van der Waals surface area contributed by atoms with Crippen molar-refractivity contribution in [2.24, 2.45) is 0 Å². The summed E-state index contributed by atoms with van der Waals surface area (Å²) in [6, 6.07) is 13.1. The van der Waals surface area contributed by atoms with E-state index >= 15 is 0 Å². The third kappa shape index (κ3) is 2.59. The fourth-order valence-electron chi connectivity index (χ4n) is 2.44. The van der Waals surface area contributed by atoms with E-state index in [1.54, 1.807) is 18.3 Å². The van der Waals surface area contributed by atoms with Gasteiger partial charge in [-0.3, -0.25) is 9.20 Å².